The van der Waals surface area contributed by atoms with Gasteiger partial charge in [0.05, 0.1) is 10.5 Å². The van der Waals surface area contributed by atoms with Gasteiger partial charge >= 0.3 is 5.97 Å². The van der Waals surface area contributed by atoms with E-state index < -0.39 is 16.0 Å². The lowest BCUT2D eigenvalue weighted by Crippen LogP contribution is -2.43. The fourth-order valence-electron chi connectivity index (χ4n) is 2.26. The predicted octanol–water partition coefficient (Wildman–Crippen LogP) is 1.35. The Labute approximate surface area is 126 Å². The average molecular weight is 314 g/mol. The molecule has 0 radical (unpaired) electrons. The van der Waals surface area contributed by atoms with Crippen molar-refractivity contribution in [3.63, 3.8) is 0 Å². The van der Waals surface area contributed by atoms with Gasteiger partial charge in [-0.2, -0.15) is 4.31 Å². The topological polar surface area (TPSA) is 77.9 Å². The molecule has 0 fully saturated rings. The van der Waals surface area contributed by atoms with Gasteiger partial charge in [0.25, 0.3) is 0 Å². The van der Waals surface area contributed by atoms with Crippen molar-refractivity contribution >= 4 is 16.0 Å². The maximum absolute atomic E-state index is 12.7. The summed E-state index contributed by atoms with van der Waals surface area (Å²) < 4.78 is 26.7. The number of hydrogen-bond donors (Lipinski definition) is 1. The highest BCUT2D eigenvalue weighted by Gasteiger charge is 2.28. The summed E-state index contributed by atoms with van der Waals surface area (Å²) in [7, 11) is 0.0453. The van der Waals surface area contributed by atoms with Crippen LogP contribution in [0.5, 0.6) is 0 Å². The number of carboxylic acid groups (broad SMARTS) is 1. The van der Waals surface area contributed by atoms with Crippen LogP contribution in [-0.4, -0.2) is 61.9 Å². The van der Waals surface area contributed by atoms with E-state index in [0.29, 0.717) is 13.1 Å². The van der Waals surface area contributed by atoms with Crippen LogP contribution in [0.25, 0.3) is 0 Å². The Bertz CT molecular complexity index is 599. The first-order valence-corrected chi connectivity index (χ1v) is 8.14. The summed E-state index contributed by atoms with van der Waals surface area (Å²) in [5.41, 5.74) is -0.0348. The van der Waals surface area contributed by atoms with E-state index in [-0.39, 0.29) is 16.5 Å². The molecule has 1 aromatic carbocycles. The van der Waals surface area contributed by atoms with Crippen LogP contribution >= 0.6 is 0 Å². The third-order valence-corrected chi connectivity index (χ3v) is 5.21. The van der Waals surface area contributed by atoms with E-state index in [1.807, 2.05) is 25.9 Å². The maximum atomic E-state index is 12.7. The molecular weight excluding hydrogens is 292 g/mol. The summed E-state index contributed by atoms with van der Waals surface area (Å²) in [5, 5.41) is 8.98. The second-order valence-corrected chi connectivity index (χ2v) is 7.04. The molecule has 0 aliphatic heterocycles. The van der Waals surface area contributed by atoms with Crippen molar-refractivity contribution in [3.05, 3.63) is 29.8 Å². The second-order valence-electron chi connectivity index (χ2n) is 5.15. The SMILES string of the molecule is CCN(C(C)CN(C)C)S(=O)(=O)c1cccc(C(=O)O)c1. The Kier molecular flexibility index (Phi) is 5.88. The highest BCUT2D eigenvalue weighted by Crippen LogP contribution is 2.19. The quantitative estimate of drug-likeness (QED) is 0.822. The number of rotatable bonds is 7. The van der Waals surface area contributed by atoms with Gasteiger partial charge in [0.15, 0.2) is 0 Å². The summed E-state index contributed by atoms with van der Waals surface area (Å²) >= 11 is 0. The van der Waals surface area contributed by atoms with Crippen LogP contribution in [0.4, 0.5) is 0 Å². The number of likely N-dealkylation sites (N-methyl/N-ethyl adjacent to an activating group) is 2. The van der Waals surface area contributed by atoms with Crippen molar-refractivity contribution in [2.45, 2.75) is 24.8 Å². The van der Waals surface area contributed by atoms with Crippen molar-refractivity contribution in [1.29, 1.82) is 0 Å². The zero-order chi connectivity index (χ0) is 16.2. The number of carboxylic acids is 1. The number of aromatic carboxylic acids is 1. The Morgan fingerprint density at radius 1 is 1.33 bits per heavy atom. The van der Waals surface area contributed by atoms with E-state index >= 15 is 0 Å². The first-order chi connectivity index (χ1) is 9.70. The summed E-state index contributed by atoms with van der Waals surface area (Å²) in [6, 6.07) is 5.24. The second kappa shape index (κ2) is 7.02. The first-order valence-electron chi connectivity index (χ1n) is 6.70. The third kappa shape index (κ3) is 4.26. The molecule has 1 unspecified atom stereocenters. The highest BCUT2D eigenvalue weighted by atomic mass is 32.2. The van der Waals surface area contributed by atoms with Gasteiger partial charge in [-0.05, 0) is 39.2 Å². The van der Waals surface area contributed by atoms with Gasteiger partial charge in [-0.15, -0.1) is 0 Å². The van der Waals surface area contributed by atoms with Crippen LogP contribution in [-0.2, 0) is 10.0 Å². The van der Waals surface area contributed by atoms with Gasteiger partial charge in [-0.25, -0.2) is 13.2 Å². The fourth-order valence-corrected chi connectivity index (χ4v) is 3.94. The summed E-state index contributed by atoms with van der Waals surface area (Å²) in [6.07, 6.45) is 0. The molecule has 0 heterocycles. The smallest absolute Gasteiger partial charge is 0.335 e. The molecule has 0 aromatic heterocycles. The van der Waals surface area contributed by atoms with Gasteiger partial charge in [0.2, 0.25) is 10.0 Å². The number of nitrogens with zero attached hydrogens (tertiary/aromatic N) is 2. The van der Waals surface area contributed by atoms with Crippen LogP contribution in [0.3, 0.4) is 0 Å². The Hall–Kier alpha value is -1.44. The van der Waals surface area contributed by atoms with Gasteiger partial charge in [-0.1, -0.05) is 13.0 Å². The molecule has 1 rings (SSSR count). The zero-order valence-corrected chi connectivity index (χ0v) is 13.6. The number of carbonyl (C=O) groups is 1. The largest absolute Gasteiger partial charge is 0.478 e. The van der Waals surface area contributed by atoms with E-state index in [1.54, 1.807) is 6.92 Å². The molecule has 0 saturated heterocycles. The maximum Gasteiger partial charge on any atom is 0.335 e. The summed E-state index contributed by atoms with van der Waals surface area (Å²) in [4.78, 5) is 12.9. The lowest BCUT2D eigenvalue weighted by molar-refractivity contribution is 0.0696. The number of sulfonamides is 1. The number of hydrogen-bond acceptors (Lipinski definition) is 4. The molecule has 0 aliphatic rings. The minimum Gasteiger partial charge on any atom is -0.478 e. The van der Waals surface area contributed by atoms with Crippen molar-refractivity contribution in [2.75, 3.05) is 27.2 Å². The number of benzene rings is 1. The Morgan fingerprint density at radius 3 is 2.43 bits per heavy atom. The van der Waals surface area contributed by atoms with Crippen LogP contribution in [0.2, 0.25) is 0 Å². The molecule has 1 atom stereocenters. The van der Waals surface area contributed by atoms with Crippen molar-refractivity contribution in [2.24, 2.45) is 0 Å². The van der Waals surface area contributed by atoms with E-state index in [1.165, 1.54) is 28.6 Å². The van der Waals surface area contributed by atoms with E-state index in [4.69, 9.17) is 5.11 Å². The molecule has 0 saturated carbocycles. The van der Waals surface area contributed by atoms with Crippen molar-refractivity contribution in [1.82, 2.24) is 9.21 Å². The molecule has 0 spiro atoms. The molecule has 0 aliphatic carbocycles. The van der Waals surface area contributed by atoms with Gasteiger partial charge < -0.3 is 10.0 Å². The van der Waals surface area contributed by atoms with E-state index in [2.05, 4.69) is 0 Å². The Balaban J connectivity index is 3.18. The van der Waals surface area contributed by atoms with Crippen LogP contribution in [0.15, 0.2) is 29.2 Å². The van der Waals surface area contributed by atoms with Crippen LogP contribution in [0, 0.1) is 0 Å². The predicted molar refractivity (Wildman–Crippen MR) is 81.0 cm³/mol. The van der Waals surface area contributed by atoms with Crippen LogP contribution < -0.4 is 0 Å². The van der Waals surface area contributed by atoms with Crippen LogP contribution in [0.1, 0.15) is 24.2 Å². The molecule has 21 heavy (non-hydrogen) atoms. The molecule has 1 aromatic rings. The van der Waals surface area contributed by atoms with E-state index in [0.717, 1.165) is 0 Å². The normalized spacial score (nSPS) is 13.6. The molecule has 0 bridgehead atoms. The zero-order valence-electron chi connectivity index (χ0n) is 12.8. The lowest BCUT2D eigenvalue weighted by atomic mass is 10.2. The Morgan fingerprint density at radius 2 is 1.95 bits per heavy atom. The minimum absolute atomic E-state index is 0.00913. The minimum atomic E-state index is -3.71. The molecule has 0 amide bonds. The molecule has 6 nitrogen and oxygen atoms in total. The fraction of sp³-hybridized carbons (Fsp3) is 0.500. The van der Waals surface area contributed by atoms with E-state index in [9.17, 15) is 13.2 Å². The first kappa shape index (κ1) is 17.6. The lowest BCUT2D eigenvalue weighted by Gasteiger charge is -2.29. The van der Waals surface area contributed by atoms with Crippen molar-refractivity contribution in [3.8, 4) is 0 Å². The molecular formula is C14H22N2O4S. The van der Waals surface area contributed by atoms with Gasteiger partial charge in [-0.3, -0.25) is 0 Å². The summed E-state index contributed by atoms with van der Waals surface area (Å²) in [5.74, 6) is -1.14. The van der Waals surface area contributed by atoms with Gasteiger partial charge in [0.1, 0.15) is 0 Å². The third-order valence-electron chi connectivity index (χ3n) is 3.12. The monoisotopic (exact) mass is 314 g/mol. The average Bonchev–Trinajstić information content (AvgIpc) is 2.38. The highest BCUT2D eigenvalue weighted by molar-refractivity contribution is 7.89. The summed E-state index contributed by atoms with van der Waals surface area (Å²) in [6.45, 7) is 4.52. The molecule has 7 heteroatoms. The molecule has 1 N–H and O–H groups in total. The molecule has 118 valence electrons. The standard InChI is InChI=1S/C14H22N2O4S/c1-5-16(11(2)10-15(3)4)21(19,20)13-8-6-7-12(9-13)14(17)18/h6-9,11H,5,10H2,1-4H3,(H,17,18). The van der Waals surface area contributed by atoms with Crippen molar-refractivity contribution < 1.29 is 18.3 Å². The van der Waals surface area contributed by atoms with Gasteiger partial charge in [0, 0.05) is 19.1 Å².